The van der Waals surface area contributed by atoms with Crippen LogP contribution >= 0.6 is 11.8 Å². The molecule has 7 nitrogen and oxygen atoms in total. The summed E-state index contributed by atoms with van der Waals surface area (Å²) in [5.74, 6) is 0.152. The maximum Gasteiger partial charge on any atom is 0.447 e. The fraction of sp³-hybridized carbons (Fsp3) is 0.350. The van der Waals surface area contributed by atoms with Gasteiger partial charge in [-0.2, -0.15) is 13.2 Å². The Balaban J connectivity index is 1.69. The van der Waals surface area contributed by atoms with Crippen LogP contribution < -0.4 is 9.47 Å². The number of amides is 2. The van der Waals surface area contributed by atoms with Gasteiger partial charge in [-0.3, -0.25) is 9.59 Å². The lowest BCUT2D eigenvalue weighted by atomic mass is 10.1. The second-order valence-corrected chi connectivity index (χ2v) is 7.64. The fourth-order valence-electron chi connectivity index (χ4n) is 3.14. The SMILES string of the molecule is COc1cc(OC)cc(C(=O)N2CCN(C(=O)c3cccnc3SC(F)(F)F)CC2)c1. The summed E-state index contributed by atoms with van der Waals surface area (Å²) < 4.78 is 48.7. The van der Waals surface area contributed by atoms with Crippen molar-refractivity contribution in [3.63, 3.8) is 0 Å². The van der Waals surface area contributed by atoms with Gasteiger partial charge in [0.25, 0.3) is 11.8 Å². The van der Waals surface area contributed by atoms with Crippen molar-refractivity contribution in [1.82, 2.24) is 14.8 Å². The summed E-state index contributed by atoms with van der Waals surface area (Å²) >= 11 is -0.418. The number of aromatic nitrogens is 1. The summed E-state index contributed by atoms with van der Waals surface area (Å²) in [6.45, 7) is 0.867. The minimum absolute atomic E-state index is 0.109. The quantitative estimate of drug-likeness (QED) is 0.645. The van der Waals surface area contributed by atoms with E-state index < -0.39 is 23.2 Å². The summed E-state index contributed by atoms with van der Waals surface area (Å²) in [5, 5.41) is -0.387. The lowest BCUT2D eigenvalue weighted by Gasteiger charge is -2.35. The van der Waals surface area contributed by atoms with Crippen LogP contribution in [-0.2, 0) is 0 Å². The highest BCUT2D eigenvalue weighted by molar-refractivity contribution is 8.00. The zero-order chi connectivity index (χ0) is 22.6. The summed E-state index contributed by atoms with van der Waals surface area (Å²) in [5.41, 5.74) is -4.28. The molecule has 1 saturated heterocycles. The molecule has 166 valence electrons. The molecular formula is C20H20F3N3O4S. The van der Waals surface area contributed by atoms with Crippen LogP contribution in [0.3, 0.4) is 0 Å². The van der Waals surface area contributed by atoms with Crippen molar-refractivity contribution in [1.29, 1.82) is 0 Å². The van der Waals surface area contributed by atoms with Crippen LogP contribution in [0.1, 0.15) is 20.7 Å². The third kappa shape index (κ3) is 5.60. The Labute approximate surface area is 181 Å². The van der Waals surface area contributed by atoms with Gasteiger partial charge in [-0.05, 0) is 24.3 Å². The van der Waals surface area contributed by atoms with E-state index in [4.69, 9.17) is 9.47 Å². The summed E-state index contributed by atoms with van der Waals surface area (Å²) in [7, 11) is 2.97. The lowest BCUT2D eigenvalue weighted by molar-refractivity contribution is -0.0329. The Kier molecular flexibility index (Phi) is 6.94. The standard InChI is InChI=1S/C20H20F3N3O4S/c1-29-14-10-13(11-15(12-14)30-2)18(27)25-6-8-26(9-7-25)19(28)16-4-3-5-24-17(16)31-20(21,22)23/h3-5,10-12H,6-9H2,1-2H3. The molecule has 0 atom stereocenters. The summed E-state index contributed by atoms with van der Waals surface area (Å²) in [6, 6.07) is 7.59. The van der Waals surface area contributed by atoms with Gasteiger partial charge in [0, 0.05) is 55.8 Å². The monoisotopic (exact) mass is 455 g/mol. The zero-order valence-electron chi connectivity index (χ0n) is 16.8. The van der Waals surface area contributed by atoms with E-state index in [0.29, 0.717) is 17.1 Å². The van der Waals surface area contributed by atoms with E-state index in [1.165, 1.54) is 37.4 Å². The number of rotatable bonds is 5. The first-order valence-corrected chi connectivity index (χ1v) is 10.1. The van der Waals surface area contributed by atoms with Crippen LogP contribution in [0.5, 0.6) is 11.5 Å². The molecule has 1 aliphatic heterocycles. The van der Waals surface area contributed by atoms with E-state index in [2.05, 4.69) is 4.98 Å². The molecule has 1 aromatic heterocycles. The Morgan fingerprint density at radius 3 is 2.03 bits per heavy atom. The molecule has 11 heteroatoms. The molecule has 3 rings (SSSR count). The van der Waals surface area contributed by atoms with E-state index in [1.54, 1.807) is 23.1 Å². The maximum atomic E-state index is 12.9. The molecule has 31 heavy (non-hydrogen) atoms. The molecule has 0 bridgehead atoms. The fourth-order valence-corrected chi connectivity index (χ4v) is 3.74. The predicted octanol–water partition coefficient (Wildman–Crippen LogP) is 3.31. The topological polar surface area (TPSA) is 72.0 Å². The number of nitrogens with zero attached hydrogens (tertiary/aromatic N) is 3. The van der Waals surface area contributed by atoms with E-state index in [0.717, 1.165) is 0 Å². The normalized spacial score (nSPS) is 14.4. The van der Waals surface area contributed by atoms with Crippen LogP contribution in [0.2, 0.25) is 0 Å². The molecule has 0 N–H and O–H groups in total. The number of carbonyl (C=O) groups is 2. The molecule has 1 fully saturated rings. The van der Waals surface area contributed by atoms with Crippen molar-refractivity contribution < 1.29 is 32.2 Å². The number of pyridine rings is 1. The molecule has 0 saturated carbocycles. The van der Waals surface area contributed by atoms with Crippen molar-refractivity contribution in [2.24, 2.45) is 0 Å². The number of thioether (sulfide) groups is 1. The third-order valence-corrected chi connectivity index (χ3v) is 5.42. The van der Waals surface area contributed by atoms with Gasteiger partial charge in [0.2, 0.25) is 0 Å². The first-order chi connectivity index (χ1) is 14.7. The van der Waals surface area contributed by atoms with E-state index in [1.807, 2.05) is 0 Å². The van der Waals surface area contributed by atoms with Gasteiger partial charge >= 0.3 is 5.51 Å². The molecule has 2 amide bonds. The highest BCUT2D eigenvalue weighted by Gasteiger charge is 2.34. The Bertz CT molecular complexity index is 941. The largest absolute Gasteiger partial charge is 0.497 e. The number of ether oxygens (including phenoxy) is 2. The smallest absolute Gasteiger partial charge is 0.447 e. The van der Waals surface area contributed by atoms with Gasteiger partial charge in [0.05, 0.1) is 19.8 Å². The summed E-state index contributed by atoms with van der Waals surface area (Å²) in [4.78, 5) is 32.4. The molecule has 2 aromatic rings. The first-order valence-electron chi connectivity index (χ1n) is 9.24. The summed E-state index contributed by atoms with van der Waals surface area (Å²) in [6.07, 6.45) is 1.21. The van der Waals surface area contributed by atoms with Gasteiger partial charge in [-0.1, -0.05) is 0 Å². The number of hydrogen-bond donors (Lipinski definition) is 0. The van der Waals surface area contributed by atoms with Gasteiger partial charge in [0.15, 0.2) is 0 Å². The second kappa shape index (κ2) is 9.46. The van der Waals surface area contributed by atoms with Crippen LogP contribution in [-0.4, -0.2) is 72.5 Å². The molecular weight excluding hydrogens is 435 g/mol. The number of carbonyl (C=O) groups excluding carboxylic acids is 2. The minimum atomic E-state index is -4.55. The number of benzene rings is 1. The first kappa shape index (κ1) is 22.7. The van der Waals surface area contributed by atoms with Gasteiger partial charge in [-0.15, -0.1) is 0 Å². The number of methoxy groups -OCH3 is 2. The predicted molar refractivity (Wildman–Crippen MR) is 108 cm³/mol. The molecule has 0 radical (unpaired) electrons. The molecule has 0 spiro atoms. The number of hydrogen-bond acceptors (Lipinski definition) is 6. The minimum Gasteiger partial charge on any atom is -0.497 e. The van der Waals surface area contributed by atoms with Gasteiger partial charge in [-0.25, -0.2) is 4.98 Å². The Morgan fingerprint density at radius 2 is 1.52 bits per heavy atom. The lowest BCUT2D eigenvalue weighted by Crippen LogP contribution is -2.50. The van der Waals surface area contributed by atoms with Crippen LogP contribution in [0.25, 0.3) is 0 Å². The third-order valence-electron chi connectivity index (χ3n) is 4.67. The highest BCUT2D eigenvalue weighted by Crippen LogP contribution is 2.37. The molecule has 2 heterocycles. The van der Waals surface area contributed by atoms with Crippen molar-refractivity contribution in [2.75, 3.05) is 40.4 Å². The highest BCUT2D eigenvalue weighted by atomic mass is 32.2. The Morgan fingerprint density at radius 1 is 0.968 bits per heavy atom. The molecule has 0 aliphatic carbocycles. The second-order valence-electron chi connectivity index (χ2n) is 6.59. The number of halogens is 3. The van der Waals surface area contributed by atoms with Crippen LogP contribution in [0.15, 0.2) is 41.6 Å². The average Bonchev–Trinajstić information content (AvgIpc) is 2.77. The maximum absolute atomic E-state index is 12.9. The average molecular weight is 455 g/mol. The van der Waals surface area contributed by atoms with Crippen LogP contribution in [0.4, 0.5) is 13.2 Å². The molecule has 1 aromatic carbocycles. The Hall–Kier alpha value is -2.95. The molecule has 1 aliphatic rings. The van der Waals surface area contributed by atoms with Crippen molar-refractivity contribution in [3.8, 4) is 11.5 Å². The van der Waals surface area contributed by atoms with Crippen molar-refractivity contribution in [3.05, 3.63) is 47.7 Å². The molecule has 0 unspecified atom stereocenters. The van der Waals surface area contributed by atoms with E-state index in [9.17, 15) is 22.8 Å². The van der Waals surface area contributed by atoms with E-state index in [-0.39, 0.29) is 42.7 Å². The van der Waals surface area contributed by atoms with Gasteiger partial charge < -0.3 is 19.3 Å². The van der Waals surface area contributed by atoms with Gasteiger partial charge in [0.1, 0.15) is 16.5 Å². The van der Waals surface area contributed by atoms with Crippen molar-refractivity contribution in [2.45, 2.75) is 10.5 Å². The number of piperazine rings is 1. The number of alkyl halides is 3. The van der Waals surface area contributed by atoms with E-state index >= 15 is 0 Å². The van der Waals surface area contributed by atoms with Crippen molar-refractivity contribution >= 4 is 23.6 Å². The van der Waals surface area contributed by atoms with Crippen LogP contribution in [0, 0.1) is 0 Å². The zero-order valence-corrected chi connectivity index (χ0v) is 17.6.